The third-order valence-electron chi connectivity index (χ3n) is 4.36. The van der Waals surface area contributed by atoms with Gasteiger partial charge in [0.05, 0.1) is 4.90 Å². The lowest BCUT2D eigenvalue weighted by atomic mass is 10.2. The summed E-state index contributed by atoms with van der Waals surface area (Å²) in [5.41, 5.74) is 2.51. The molecule has 2 amide bonds. The maximum absolute atomic E-state index is 12.9. The molecule has 1 aliphatic heterocycles. The first-order valence-corrected chi connectivity index (χ1v) is 9.74. The second kappa shape index (κ2) is 6.92. The molecule has 0 aliphatic carbocycles. The zero-order valence-electron chi connectivity index (χ0n) is 14.6. The van der Waals surface area contributed by atoms with Crippen LogP contribution in [0.15, 0.2) is 53.4 Å². The molecule has 1 atom stereocenters. The molecule has 1 N–H and O–H groups in total. The topological polar surface area (TPSA) is 83.6 Å². The molecule has 0 bridgehead atoms. The Morgan fingerprint density at radius 1 is 1.00 bits per heavy atom. The van der Waals surface area contributed by atoms with Crippen LogP contribution >= 0.6 is 0 Å². The van der Waals surface area contributed by atoms with E-state index < -0.39 is 27.9 Å². The van der Waals surface area contributed by atoms with E-state index in [0.29, 0.717) is 5.69 Å². The number of hydrogen-bond acceptors (Lipinski definition) is 4. The molecule has 0 unspecified atom stereocenters. The Hall–Kier alpha value is -2.67. The smallest absolute Gasteiger partial charge is 0.267 e. The molecule has 1 fully saturated rings. The van der Waals surface area contributed by atoms with Gasteiger partial charge in [0.2, 0.25) is 11.8 Å². The number of rotatable bonds is 4. The van der Waals surface area contributed by atoms with Crippen molar-refractivity contribution in [3.63, 3.8) is 0 Å². The average molecular weight is 372 g/mol. The van der Waals surface area contributed by atoms with Gasteiger partial charge < -0.3 is 5.32 Å². The Morgan fingerprint density at radius 3 is 2.12 bits per heavy atom. The van der Waals surface area contributed by atoms with Gasteiger partial charge in [-0.15, -0.1) is 0 Å². The highest BCUT2D eigenvalue weighted by molar-refractivity contribution is 7.89. The van der Waals surface area contributed by atoms with Crippen LogP contribution in [0.1, 0.15) is 24.0 Å². The number of nitrogens with one attached hydrogen (secondary N) is 1. The van der Waals surface area contributed by atoms with E-state index in [-0.39, 0.29) is 17.7 Å². The van der Waals surface area contributed by atoms with Crippen LogP contribution in [0.2, 0.25) is 0 Å². The van der Waals surface area contributed by atoms with Crippen molar-refractivity contribution in [3.8, 4) is 0 Å². The quantitative estimate of drug-likeness (QED) is 0.894. The summed E-state index contributed by atoms with van der Waals surface area (Å²) in [6, 6.07) is 12.3. The summed E-state index contributed by atoms with van der Waals surface area (Å²) in [4.78, 5) is 24.9. The predicted molar refractivity (Wildman–Crippen MR) is 98.0 cm³/mol. The predicted octanol–water partition coefficient (Wildman–Crippen LogP) is 2.62. The van der Waals surface area contributed by atoms with Crippen LogP contribution in [0.4, 0.5) is 5.69 Å². The molecule has 0 aromatic heterocycles. The van der Waals surface area contributed by atoms with Crippen molar-refractivity contribution in [3.05, 3.63) is 59.7 Å². The third kappa shape index (κ3) is 3.48. The number of anilines is 1. The van der Waals surface area contributed by atoms with Crippen LogP contribution in [0.25, 0.3) is 0 Å². The lowest BCUT2D eigenvalue weighted by Crippen LogP contribution is -2.45. The Labute approximate surface area is 152 Å². The van der Waals surface area contributed by atoms with Crippen molar-refractivity contribution in [1.29, 1.82) is 0 Å². The van der Waals surface area contributed by atoms with Crippen LogP contribution in [0, 0.1) is 13.8 Å². The van der Waals surface area contributed by atoms with Crippen molar-refractivity contribution in [2.45, 2.75) is 37.6 Å². The van der Waals surface area contributed by atoms with Gasteiger partial charge in [0, 0.05) is 12.1 Å². The number of carbonyl (C=O) groups is 2. The SMILES string of the molecule is Cc1ccc(NC(=O)[C@@H]2CCC(=O)N2S(=O)(=O)c2ccc(C)cc2)cc1. The number of carbonyl (C=O) groups excluding carboxylic acids is 2. The maximum atomic E-state index is 12.9. The molecule has 1 heterocycles. The Morgan fingerprint density at radius 2 is 1.54 bits per heavy atom. The summed E-state index contributed by atoms with van der Waals surface area (Å²) >= 11 is 0. The van der Waals surface area contributed by atoms with Gasteiger partial charge in [-0.1, -0.05) is 35.4 Å². The van der Waals surface area contributed by atoms with Gasteiger partial charge in [-0.3, -0.25) is 9.59 Å². The molecule has 7 heteroatoms. The molecule has 26 heavy (non-hydrogen) atoms. The molecule has 6 nitrogen and oxygen atoms in total. The molecule has 0 spiro atoms. The van der Waals surface area contributed by atoms with E-state index in [0.717, 1.165) is 15.4 Å². The van der Waals surface area contributed by atoms with E-state index in [1.54, 1.807) is 24.3 Å². The summed E-state index contributed by atoms with van der Waals surface area (Å²) in [6.45, 7) is 3.77. The lowest BCUT2D eigenvalue weighted by molar-refractivity contribution is -0.128. The third-order valence-corrected chi connectivity index (χ3v) is 6.20. The van der Waals surface area contributed by atoms with Gasteiger partial charge in [0.25, 0.3) is 10.0 Å². The first kappa shape index (κ1) is 18.1. The number of nitrogens with zero attached hydrogens (tertiary/aromatic N) is 1. The summed E-state index contributed by atoms with van der Waals surface area (Å²) in [7, 11) is -4.07. The average Bonchev–Trinajstić information content (AvgIpc) is 3.00. The maximum Gasteiger partial charge on any atom is 0.267 e. The molecule has 3 rings (SSSR count). The first-order valence-electron chi connectivity index (χ1n) is 8.30. The summed E-state index contributed by atoms with van der Waals surface area (Å²) < 4.78 is 26.5. The monoisotopic (exact) mass is 372 g/mol. The Balaban J connectivity index is 1.87. The zero-order valence-corrected chi connectivity index (χ0v) is 15.4. The minimum atomic E-state index is -4.07. The number of hydrogen-bond donors (Lipinski definition) is 1. The second-order valence-corrected chi connectivity index (χ2v) is 8.23. The fraction of sp³-hybridized carbons (Fsp3) is 0.263. The van der Waals surface area contributed by atoms with Gasteiger partial charge in [-0.25, -0.2) is 12.7 Å². The van der Waals surface area contributed by atoms with E-state index in [9.17, 15) is 18.0 Å². The molecule has 0 radical (unpaired) electrons. The van der Waals surface area contributed by atoms with Gasteiger partial charge >= 0.3 is 0 Å². The largest absolute Gasteiger partial charge is 0.324 e. The van der Waals surface area contributed by atoms with Crippen molar-refractivity contribution in [2.75, 3.05) is 5.32 Å². The molecule has 1 saturated heterocycles. The van der Waals surface area contributed by atoms with Crippen molar-refractivity contribution >= 4 is 27.5 Å². The Kier molecular flexibility index (Phi) is 4.82. The molecule has 2 aromatic carbocycles. The Bertz CT molecular complexity index is 935. The highest BCUT2D eigenvalue weighted by atomic mass is 32.2. The van der Waals surface area contributed by atoms with Crippen molar-refractivity contribution in [1.82, 2.24) is 4.31 Å². The number of benzene rings is 2. The molecular formula is C19H20N2O4S. The van der Waals surface area contributed by atoms with Crippen LogP contribution in [0.3, 0.4) is 0 Å². The molecule has 1 aliphatic rings. The second-order valence-electron chi connectivity index (χ2n) is 6.42. The minimum Gasteiger partial charge on any atom is -0.324 e. The van der Waals surface area contributed by atoms with E-state index in [4.69, 9.17) is 0 Å². The van der Waals surface area contributed by atoms with Crippen LogP contribution in [-0.4, -0.2) is 30.6 Å². The highest BCUT2D eigenvalue weighted by Gasteiger charge is 2.44. The fourth-order valence-electron chi connectivity index (χ4n) is 2.89. The fourth-order valence-corrected chi connectivity index (χ4v) is 4.49. The lowest BCUT2D eigenvalue weighted by Gasteiger charge is -2.23. The highest BCUT2D eigenvalue weighted by Crippen LogP contribution is 2.28. The standard InChI is InChI=1S/C19H20N2O4S/c1-13-3-7-15(8-4-13)20-19(23)17-11-12-18(22)21(17)26(24,25)16-9-5-14(2)6-10-16/h3-10,17H,11-12H2,1-2H3,(H,20,23)/t17-/m0/s1. The minimum absolute atomic E-state index is 0.00601. The van der Waals surface area contributed by atoms with Crippen molar-refractivity contribution < 1.29 is 18.0 Å². The summed E-state index contributed by atoms with van der Waals surface area (Å²) in [5.74, 6) is -1.06. The number of aryl methyl sites for hydroxylation is 2. The van der Waals surface area contributed by atoms with Crippen LogP contribution in [-0.2, 0) is 19.6 Å². The molecule has 136 valence electrons. The molecule has 2 aromatic rings. The van der Waals surface area contributed by atoms with Crippen LogP contribution < -0.4 is 5.32 Å². The number of sulfonamides is 1. The first-order chi connectivity index (χ1) is 12.3. The zero-order chi connectivity index (χ0) is 18.9. The molecular weight excluding hydrogens is 352 g/mol. The van der Waals surface area contributed by atoms with Crippen molar-refractivity contribution in [2.24, 2.45) is 0 Å². The van der Waals surface area contributed by atoms with Crippen LogP contribution in [0.5, 0.6) is 0 Å². The van der Waals surface area contributed by atoms with E-state index in [2.05, 4.69) is 5.32 Å². The summed E-state index contributed by atoms with van der Waals surface area (Å²) in [5, 5.41) is 2.70. The van der Waals surface area contributed by atoms with Gasteiger partial charge in [-0.05, 0) is 44.5 Å². The van der Waals surface area contributed by atoms with E-state index in [1.165, 1.54) is 12.1 Å². The van der Waals surface area contributed by atoms with Gasteiger partial charge in [-0.2, -0.15) is 0 Å². The molecule has 0 saturated carbocycles. The normalized spacial score (nSPS) is 17.4. The van der Waals surface area contributed by atoms with E-state index >= 15 is 0 Å². The summed E-state index contributed by atoms with van der Waals surface area (Å²) in [6.07, 6.45) is 0.193. The van der Waals surface area contributed by atoms with Gasteiger partial charge in [0.1, 0.15) is 6.04 Å². The van der Waals surface area contributed by atoms with Gasteiger partial charge in [0.15, 0.2) is 0 Å². The number of amides is 2. The van der Waals surface area contributed by atoms with E-state index in [1.807, 2.05) is 26.0 Å².